The number of para-hydroxylation sites is 1. The molecule has 0 aliphatic heterocycles. The first kappa shape index (κ1) is 20.5. The summed E-state index contributed by atoms with van der Waals surface area (Å²) >= 11 is 0. The number of nitrogens with one attached hydrogen (secondary N) is 1. The molecule has 1 aromatic heterocycles. The van der Waals surface area contributed by atoms with Gasteiger partial charge in [-0.05, 0) is 48.0 Å². The first-order valence-electron chi connectivity index (χ1n) is 9.10. The fourth-order valence-electron chi connectivity index (χ4n) is 3.16. The van der Waals surface area contributed by atoms with Crippen LogP contribution in [-0.4, -0.2) is 15.7 Å². The molecule has 4 aromatic rings. The molecule has 1 heterocycles. The van der Waals surface area contributed by atoms with Gasteiger partial charge in [0.1, 0.15) is 11.6 Å². The van der Waals surface area contributed by atoms with Crippen molar-refractivity contribution < 1.29 is 26.7 Å². The third-order valence-corrected chi connectivity index (χ3v) is 4.68. The van der Waals surface area contributed by atoms with Gasteiger partial charge in [0.15, 0.2) is 5.82 Å². The number of hydrogen-bond acceptors (Lipinski definition) is 2. The van der Waals surface area contributed by atoms with Crippen LogP contribution < -0.4 is 5.32 Å². The molecule has 4 rings (SSSR count). The molecule has 1 amide bonds. The summed E-state index contributed by atoms with van der Waals surface area (Å²) in [5.74, 6) is -2.39. The van der Waals surface area contributed by atoms with E-state index in [0.717, 1.165) is 30.3 Å². The number of anilines is 1. The standard InChI is InChI=1S/C22H14F5N3O/c23-15-9-10-18(24)17(11-15)21(31)28-20-16-3-1-2-4-19(16)30(29-20)12-13-5-7-14(8-6-13)22(25,26)27/h1-11H,12H2,(H,28,29,31). The number of halogens is 5. The van der Waals surface area contributed by atoms with Gasteiger partial charge in [0.05, 0.1) is 23.2 Å². The van der Waals surface area contributed by atoms with Gasteiger partial charge in [-0.1, -0.05) is 24.3 Å². The van der Waals surface area contributed by atoms with Crippen molar-refractivity contribution >= 4 is 22.6 Å². The Bertz CT molecular complexity index is 1260. The predicted octanol–water partition coefficient (Wildman–Crippen LogP) is 5.63. The molecule has 1 N–H and O–H groups in total. The zero-order chi connectivity index (χ0) is 22.2. The Hall–Kier alpha value is -3.75. The van der Waals surface area contributed by atoms with Crippen molar-refractivity contribution in [1.82, 2.24) is 9.78 Å². The van der Waals surface area contributed by atoms with Crippen LogP contribution in [0, 0.1) is 11.6 Å². The number of aromatic nitrogens is 2. The summed E-state index contributed by atoms with van der Waals surface area (Å²) in [5.41, 5.74) is -0.0549. The van der Waals surface area contributed by atoms with Crippen LogP contribution in [0.2, 0.25) is 0 Å². The zero-order valence-corrected chi connectivity index (χ0v) is 15.8. The number of carbonyl (C=O) groups excluding carboxylic acids is 1. The van der Waals surface area contributed by atoms with E-state index in [0.29, 0.717) is 16.5 Å². The summed E-state index contributed by atoms with van der Waals surface area (Å²) in [6.07, 6.45) is -4.43. The molecule has 31 heavy (non-hydrogen) atoms. The molecule has 9 heteroatoms. The molecular formula is C22H14F5N3O. The third-order valence-electron chi connectivity index (χ3n) is 4.68. The predicted molar refractivity (Wildman–Crippen MR) is 105 cm³/mol. The summed E-state index contributed by atoms with van der Waals surface area (Å²) in [4.78, 5) is 12.5. The quantitative estimate of drug-likeness (QED) is 0.426. The molecule has 0 bridgehead atoms. The lowest BCUT2D eigenvalue weighted by atomic mass is 10.1. The maximum absolute atomic E-state index is 13.9. The van der Waals surface area contributed by atoms with E-state index >= 15 is 0 Å². The average molecular weight is 431 g/mol. The van der Waals surface area contributed by atoms with Gasteiger partial charge in [-0.15, -0.1) is 0 Å². The van der Waals surface area contributed by atoms with Crippen LogP contribution >= 0.6 is 0 Å². The van der Waals surface area contributed by atoms with E-state index in [2.05, 4.69) is 10.4 Å². The Kier molecular flexibility index (Phi) is 5.18. The van der Waals surface area contributed by atoms with Crippen molar-refractivity contribution in [3.63, 3.8) is 0 Å². The Balaban J connectivity index is 1.65. The Labute approximate surface area is 172 Å². The SMILES string of the molecule is O=C(Nc1nn(Cc2ccc(C(F)(F)F)cc2)c2ccccc12)c1cc(F)ccc1F. The van der Waals surface area contributed by atoms with Gasteiger partial charge in [0, 0.05) is 5.39 Å². The molecule has 0 saturated carbocycles. The molecule has 158 valence electrons. The van der Waals surface area contributed by atoms with Crippen molar-refractivity contribution in [2.75, 3.05) is 5.32 Å². The van der Waals surface area contributed by atoms with Gasteiger partial charge in [0.2, 0.25) is 0 Å². The smallest absolute Gasteiger partial charge is 0.304 e. The fraction of sp³-hybridized carbons (Fsp3) is 0.0909. The van der Waals surface area contributed by atoms with E-state index in [1.165, 1.54) is 16.8 Å². The lowest BCUT2D eigenvalue weighted by Gasteiger charge is -2.08. The normalized spacial score (nSPS) is 11.6. The highest BCUT2D eigenvalue weighted by Gasteiger charge is 2.30. The van der Waals surface area contributed by atoms with Crippen LogP contribution in [-0.2, 0) is 12.7 Å². The maximum atomic E-state index is 13.9. The number of carbonyl (C=O) groups is 1. The van der Waals surface area contributed by atoms with E-state index < -0.39 is 34.8 Å². The van der Waals surface area contributed by atoms with Gasteiger partial charge in [-0.25, -0.2) is 8.78 Å². The number of benzene rings is 3. The molecular weight excluding hydrogens is 417 g/mol. The van der Waals surface area contributed by atoms with E-state index in [1.54, 1.807) is 24.3 Å². The summed E-state index contributed by atoms with van der Waals surface area (Å²) in [6.45, 7) is 0.142. The largest absolute Gasteiger partial charge is 0.416 e. The Morgan fingerprint density at radius 1 is 0.968 bits per heavy atom. The third kappa shape index (κ3) is 4.25. The molecule has 0 fully saturated rings. The molecule has 0 spiro atoms. The van der Waals surface area contributed by atoms with Crippen LogP contribution in [0.5, 0.6) is 0 Å². The zero-order valence-electron chi connectivity index (χ0n) is 15.8. The van der Waals surface area contributed by atoms with Crippen LogP contribution in [0.15, 0.2) is 66.7 Å². The van der Waals surface area contributed by atoms with Crippen LogP contribution in [0.3, 0.4) is 0 Å². The number of alkyl halides is 3. The fourth-order valence-corrected chi connectivity index (χ4v) is 3.16. The van der Waals surface area contributed by atoms with E-state index in [9.17, 15) is 26.7 Å². The monoisotopic (exact) mass is 431 g/mol. The second kappa shape index (κ2) is 7.82. The van der Waals surface area contributed by atoms with Gasteiger partial charge >= 0.3 is 6.18 Å². The van der Waals surface area contributed by atoms with Gasteiger partial charge in [-0.3, -0.25) is 9.48 Å². The Morgan fingerprint density at radius 2 is 1.68 bits per heavy atom. The Morgan fingerprint density at radius 3 is 2.39 bits per heavy atom. The van der Waals surface area contributed by atoms with Gasteiger partial charge < -0.3 is 5.32 Å². The summed E-state index contributed by atoms with van der Waals surface area (Å²) in [6, 6.07) is 14.1. The van der Waals surface area contributed by atoms with Crippen LogP contribution in [0.4, 0.5) is 27.8 Å². The molecule has 0 unspecified atom stereocenters. The summed E-state index contributed by atoms with van der Waals surface area (Å²) in [5, 5.41) is 7.34. The van der Waals surface area contributed by atoms with Crippen LogP contribution in [0.25, 0.3) is 10.9 Å². The molecule has 4 nitrogen and oxygen atoms in total. The number of rotatable bonds is 4. The second-order valence-corrected chi connectivity index (χ2v) is 6.80. The van der Waals surface area contributed by atoms with Crippen molar-refractivity contribution in [2.45, 2.75) is 12.7 Å². The molecule has 3 aromatic carbocycles. The average Bonchev–Trinajstić information content (AvgIpc) is 3.07. The van der Waals surface area contributed by atoms with Crippen molar-refractivity contribution in [3.05, 3.63) is 95.1 Å². The second-order valence-electron chi connectivity index (χ2n) is 6.80. The highest BCUT2D eigenvalue weighted by Crippen LogP contribution is 2.30. The number of fused-ring (bicyclic) bond motifs is 1. The summed E-state index contributed by atoms with van der Waals surface area (Å²) in [7, 11) is 0. The van der Waals surface area contributed by atoms with Crippen molar-refractivity contribution in [2.24, 2.45) is 0 Å². The first-order valence-corrected chi connectivity index (χ1v) is 9.10. The molecule has 0 radical (unpaired) electrons. The first-order chi connectivity index (χ1) is 14.7. The van der Waals surface area contributed by atoms with E-state index in [4.69, 9.17) is 0 Å². The molecule has 0 aliphatic carbocycles. The highest BCUT2D eigenvalue weighted by atomic mass is 19.4. The lowest BCUT2D eigenvalue weighted by Crippen LogP contribution is -2.15. The highest BCUT2D eigenvalue weighted by molar-refractivity contribution is 6.08. The summed E-state index contributed by atoms with van der Waals surface area (Å²) < 4.78 is 67.1. The minimum absolute atomic E-state index is 0.121. The number of nitrogens with zero attached hydrogens (tertiary/aromatic N) is 2. The molecule has 0 atom stereocenters. The van der Waals surface area contributed by atoms with E-state index in [-0.39, 0.29) is 12.4 Å². The minimum atomic E-state index is -4.43. The van der Waals surface area contributed by atoms with Crippen molar-refractivity contribution in [3.8, 4) is 0 Å². The molecule has 0 saturated heterocycles. The van der Waals surface area contributed by atoms with Gasteiger partial charge in [-0.2, -0.15) is 18.3 Å². The number of amides is 1. The van der Waals surface area contributed by atoms with Crippen LogP contribution in [0.1, 0.15) is 21.5 Å². The van der Waals surface area contributed by atoms with Crippen molar-refractivity contribution in [1.29, 1.82) is 0 Å². The topological polar surface area (TPSA) is 46.9 Å². The minimum Gasteiger partial charge on any atom is -0.304 e. The maximum Gasteiger partial charge on any atom is 0.416 e. The lowest BCUT2D eigenvalue weighted by molar-refractivity contribution is -0.137. The van der Waals surface area contributed by atoms with E-state index in [1.807, 2.05) is 0 Å². The molecule has 0 aliphatic rings. The van der Waals surface area contributed by atoms with Gasteiger partial charge in [0.25, 0.3) is 5.91 Å². The number of hydrogen-bond donors (Lipinski definition) is 1.